The third-order valence-corrected chi connectivity index (χ3v) is 3.28. The lowest BCUT2D eigenvalue weighted by molar-refractivity contribution is 0.475. The maximum absolute atomic E-state index is 9.14. The van der Waals surface area contributed by atoms with Gasteiger partial charge in [-0.3, -0.25) is 0 Å². The van der Waals surface area contributed by atoms with Gasteiger partial charge in [-0.2, -0.15) is 0 Å². The van der Waals surface area contributed by atoms with E-state index in [-0.39, 0.29) is 5.75 Å². The summed E-state index contributed by atoms with van der Waals surface area (Å²) in [7, 11) is 0. The van der Waals surface area contributed by atoms with Gasteiger partial charge in [-0.1, -0.05) is 0 Å². The first-order valence-corrected chi connectivity index (χ1v) is 5.95. The fourth-order valence-electron chi connectivity index (χ4n) is 1.41. The van der Waals surface area contributed by atoms with Crippen LogP contribution in [0.2, 0.25) is 0 Å². The summed E-state index contributed by atoms with van der Waals surface area (Å²) in [6.45, 7) is 1.38. The number of benzene rings is 1. The zero-order valence-corrected chi connectivity index (χ0v) is 9.63. The fraction of sp³-hybridized carbons (Fsp3) is 0.167. The van der Waals surface area contributed by atoms with Crippen LogP contribution in [0.25, 0.3) is 0 Å². The molecule has 4 heteroatoms. The standard InChI is InChI=1S/C12H14N2OS/c13-6-12-5-9(8-16-12)7-14-10-1-3-11(15)4-2-10/h1-5,8,14-15H,6-7,13H2. The van der Waals surface area contributed by atoms with Crippen molar-refractivity contribution in [1.29, 1.82) is 0 Å². The van der Waals surface area contributed by atoms with E-state index < -0.39 is 0 Å². The molecule has 0 saturated heterocycles. The monoisotopic (exact) mass is 234 g/mol. The van der Waals surface area contributed by atoms with Crippen LogP contribution in [0.5, 0.6) is 5.75 Å². The quantitative estimate of drug-likeness (QED) is 0.712. The van der Waals surface area contributed by atoms with E-state index in [1.54, 1.807) is 23.5 Å². The van der Waals surface area contributed by atoms with Crippen molar-refractivity contribution in [2.24, 2.45) is 5.73 Å². The second-order valence-corrected chi connectivity index (χ2v) is 4.52. The maximum atomic E-state index is 9.14. The third-order valence-electron chi connectivity index (χ3n) is 2.27. The molecule has 2 aromatic rings. The first-order valence-electron chi connectivity index (χ1n) is 5.07. The van der Waals surface area contributed by atoms with Crippen LogP contribution in [0.15, 0.2) is 35.7 Å². The topological polar surface area (TPSA) is 58.3 Å². The molecular weight excluding hydrogens is 220 g/mol. The van der Waals surface area contributed by atoms with Crippen LogP contribution in [0.3, 0.4) is 0 Å². The number of aromatic hydroxyl groups is 1. The smallest absolute Gasteiger partial charge is 0.115 e. The number of nitrogens with two attached hydrogens (primary N) is 1. The highest BCUT2D eigenvalue weighted by Gasteiger charge is 1.98. The molecule has 0 aliphatic carbocycles. The first kappa shape index (κ1) is 11.0. The Morgan fingerprint density at radius 3 is 2.62 bits per heavy atom. The number of hydrogen-bond donors (Lipinski definition) is 3. The number of rotatable bonds is 4. The maximum Gasteiger partial charge on any atom is 0.115 e. The van der Waals surface area contributed by atoms with Crippen LogP contribution in [0.1, 0.15) is 10.4 Å². The van der Waals surface area contributed by atoms with E-state index >= 15 is 0 Å². The summed E-state index contributed by atoms with van der Waals surface area (Å²) in [6.07, 6.45) is 0. The molecule has 1 aromatic carbocycles. The third kappa shape index (κ3) is 2.74. The molecule has 0 aliphatic heterocycles. The highest BCUT2D eigenvalue weighted by atomic mass is 32.1. The van der Waals surface area contributed by atoms with Crippen molar-refractivity contribution in [3.8, 4) is 5.75 Å². The van der Waals surface area contributed by atoms with Crippen LogP contribution >= 0.6 is 11.3 Å². The minimum Gasteiger partial charge on any atom is -0.508 e. The predicted molar refractivity (Wildman–Crippen MR) is 67.6 cm³/mol. The molecule has 0 bridgehead atoms. The molecular formula is C12H14N2OS. The minimum atomic E-state index is 0.284. The Labute approximate surface area is 98.5 Å². The van der Waals surface area contributed by atoms with Crippen molar-refractivity contribution in [3.63, 3.8) is 0 Å². The molecule has 84 valence electrons. The average Bonchev–Trinajstić information content (AvgIpc) is 2.76. The molecule has 0 amide bonds. The Balaban J connectivity index is 1.94. The van der Waals surface area contributed by atoms with Crippen LogP contribution < -0.4 is 11.1 Å². The summed E-state index contributed by atoms with van der Waals surface area (Å²) in [5.74, 6) is 0.284. The second kappa shape index (κ2) is 5.01. The molecule has 0 saturated carbocycles. The van der Waals surface area contributed by atoms with Gasteiger partial charge in [0.1, 0.15) is 5.75 Å². The lowest BCUT2D eigenvalue weighted by Gasteiger charge is -2.04. The van der Waals surface area contributed by atoms with E-state index in [1.165, 1.54) is 10.4 Å². The Bertz CT molecular complexity index is 450. The summed E-state index contributed by atoms with van der Waals surface area (Å²) in [5.41, 5.74) is 7.78. The molecule has 0 spiro atoms. The van der Waals surface area contributed by atoms with E-state index in [0.29, 0.717) is 6.54 Å². The Kier molecular flexibility index (Phi) is 3.44. The van der Waals surface area contributed by atoms with E-state index in [2.05, 4.69) is 16.8 Å². The molecule has 0 atom stereocenters. The molecule has 4 N–H and O–H groups in total. The van der Waals surface area contributed by atoms with Gasteiger partial charge in [0.25, 0.3) is 0 Å². The molecule has 0 fully saturated rings. The molecule has 0 radical (unpaired) electrons. The van der Waals surface area contributed by atoms with Gasteiger partial charge in [0.2, 0.25) is 0 Å². The highest BCUT2D eigenvalue weighted by molar-refractivity contribution is 7.10. The van der Waals surface area contributed by atoms with Crippen molar-refractivity contribution in [1.82, 2.24) is 0 Å². The zero-order chi connectivity index (χ0) is 11.4. The minimum absolute atomic E-state index is 0.284. The molecule has 0 aliphatic rings. The Morgan fingerprint density at radius 2 is 2.00 bits per heavy atom. The number of thiophene rings is 1. The average molecular weight is 234 g/mol. The van der Waals surface area contributed by atoms with Gasteiger partial charge in [0.15, 0.2) is 0 Å². The normalized spacial score (nSPS) is 10.3. The summed E-state index contributed by atoms with van der Waals surface area (Å²) in [5, 5.41) is 14.5. The van der Waals surface area contributed by atoms with Gasteiger partial charge >= 0.3 is 0 Å². The summed E-state index contributed by atoms with van der Waals surface area (Å²) in [4.78, 5) is 1.20. The van der Waals surface area contributed by atoms with E-state index in [9.17, 15) is 0 Å². The van der Waals surface area contributed by atoms with Crippen molar-refractivity contribution in [2.75, 3.05) is 5.32 Å². The second-order valence-electron chi connectivity index (χ2n) is 3.53. The molecule has 1 heterocycles. The van der Waals surface area contributed by atoms with Gasteiger partial charge in [-0.05, 0) is 41.3 Å². The molecule has 16 heavy (non-hydrogen) atoms. The highest BCUT2D eigenvalue weighted by Crippen LogP contribution is 2.17. The van der Waals surface area contributed by atoms with E-state index in [1.807, 2.05) is 12.1 Å². The lowest BCUT2D eigenvalue weighted by atomic mass is 10.2. The van der Waals surface area contributed by atoms with Crippen LogP contribution in [-0.2, 0) is 13.1 Å². The van der Waals surface area contributed by atoms with Gasteiger partial charge < -0.3 is 16.2 Å². The molecule has 3 nitrogen and oxygen atoms in total. The first-order chi connectivity index (χ1) is 7.78. The number of phenols is 1. The molecule has 2 rings (SSSR count). The number of nitrogens with one attached hydrogen (secondary N) is 1. The Hall–Kier alpha value is -1.52. The molecule has 1 aromatic heterocycles. The zero-order valence-electron chi connectivity index (χ0n) is 8.81. The fourth-order valence-corrected chi connectivity index (χ4v) is 2.18. The SMILES string of the molecule is NCc1cc(CNc2ccc(O)cc2)cs1. The number of hydrogen-bond acceptors (Lipinski definition) is 4. The van der Waals surface area contributed by atoms with Gasteiger partial charge in [0, 0.05) is 23.7 Å². The summed E-state index contributed by atoms with van der Waals surface area (Å²) >= 11 is 1.68. The van der Waals surface area contributed by atoms with Gasteiger partial charge in [-0.15, -0.1) is 11.3 Å². The van der Waals surface area contributed by atoms with Crippen LogP contribution in [0.4, 0.5) is 5.69 Å². The van der Waals surface area contributed by atoms with Crippen molar-refractivity contribution < 1.29 is 5.11 Å². The summed E-state index contributed by atoms with van der Waals surface area (Å²) in [6, 6.07) is 9.15. The molecule has 0 unspecified atom stereocenters. The van der Waals surface area contributed by atoms with Crippen molar-refractivity contribution in [3.05, 3.63) is 46.2 Å². The van der Waals surface area contributed by atoms with E-state index in [0.717, 1.165) is 12.2 Å². The largest absolute Gasteiger partial charge is 0.508 e. The van der Waals surface area contributed by atoms with Gasteiger partial charge in [0.05, 0.1) is 0 Å². The lowest BCUT2D eigenvalue weighted by Crippen LogP contribution is -1.98. The Morgan fingerprint density at radius 1 is 1.25 bits per heavy atom. The van der Waals surface area contributed by atoms with Gasteiger partial charge in [-0.25, -0.2) is 0 Å². The van der Waals surface area contributed by atoms with Crippen molar-refractivity contribution >= 4 is 17.0 Å². The number of anilines is 1. The summed E-state index contributed by atoms with van der Waals surface area (Å²) < 4.78 is 0. The predicted octanol–water partition coefficient (Wildman–Crippen LogP) is 2.52. The van der Waals surface area contributed by atoms with E-state index in [4.69, 9.17) is 10.8 Å². The number of phenolic OH excluding ortho intramolecular Hbond substituents is 1. The van der Waals surface area contributed by atoms with Crippen LogP contribution in [0, 0.1) is 0 Å². The van der Waals surface area contributed by atoms with Crippen molar-refractivity contribution in [2.45, 2.75) is 13.1 Å². The van der Waals surface area contributed by atoms with Crippen LogP contribution in [-0.4, -0.2) is 5.11 Å².